The monoisotopic (exact) mass is 265 g/mol. The van der Waals surface area contributed by atoms with Crippen molar-refractivity contribution >= 4 is 12.1 Å². The van der Waals surface area contributed by atoms with Gasteiger partial charge in [0, 0.05) is 6.54 Å². The number of aliphatic carboxylic acids is 1. The summed E-state index contributed by atoms with van der Waals surface area (Å²) in [4.78, 5) is 24.2. The second-order valence-corrected chi connectivity index (χ2v) is 4.09. The molecule has 5 nitrogen and oxygen atoms in total. The van der Waals surface area contributed by atoms with Crippen LogP contribution in [-0.4, -0.2) is 34.7 Å². The van der Waals surface area contributed by atoms with Crippen molar-refractivity contribution in [1.29, 1.82) is 0 Å². The van der Waals surface area contributed by atoms with Gasteiger partial charge in [-0.15, -0.1) is 0 Å². The Hall–Kier alpha value is -2.04. The Kier molecular flexibility index (Phi) is 5.85. The third-order valence-electron chi connectivity index (χ3n) is 2.83. The molecule has 0 spiro atoms. The first-order chi connectivity index (χ1) is 9.10. The van der Waals surface area contributed by atoms with Crippen LogP contribution in [0.1, 0.15) is 25.8 Å². The van der Waals surface area contributed by atoms with E-state index >= 15 is 0 Å². The molecular formula is C14H19NO4. The number of carboxylic acid groups (broad SMARTS) is 1. The number of carboxylic acids is 1. The lowest BCUT2D eigenvalue weighted by atomic mass is 10.2. The quantitative estimate of drug-likeness (QED) is 0.858. The lowest BCUT2D eigenvalue weighted by Gasteiger charge is -2.26. The second-order valence-electron chi connectivity index (χ2n) is 4.09. The Morgan fingerprint density at radius 3 is 2.37 bits per heavy atom. The molecule has 0 aliphatic carbocycles. The molecule has 1 amide bonds. The zero-order valence-corrected chi connectivity index (χ0v) is 11.2. The minimum atomic E-state index is -1.01. The molecule has 0 fully saturated rings. The molecule has 19 heavy (non-hydrogen) atoms. The average molecular weight is 265 g/mol. The fourth-order valence-corrected chi connectivity index (χ4v) is 1.81. The molecule has 1 aromatic carbocycles. The van der Waals surface area contributed by atoms with Gasteiger partial charge >= 0.3 is 12.1 Å². The van der Waals surface area contributed by atoms with Crippen molar-refractivity contribution in [2.45, 2.75) is 32.9 Å². The Morgan fingerprint density at radius 1 is 1.26 bits per heavy atom. The van der Waals surface area contributed by atoms with Crippen molar-refractivity contribution in [3.63, 3.8) is 0 Å². The fourth-order valence-electron chi connectivity index (χ4n) is 1.81. The standard InChI is InChI=1S/C14H19NO4/c1-3-12(13(16)17)15(4-2)14(18)19-10-11-8-6-5-7-9-11/h5-9,12H,3-4,10H2,1-2H3,(H,16,17). The Labute approximate surface area is 112 Å². The van der Waals surface area contributed by atoms with Crippen LogP contribution in [0.2, 0.25) is 0 Å². The highest BCUT2D eigenvalue weighted by Gasteiger charge is 2.27. The number of carbonyl (C=O) groups is 2. The van der Waals surface area contributed by atoms with Crippen LogP contribution in [0.4, 0.5) is 4.79 Å². The van der Waals surface area contributed by atoms with E-state index in [1.165, 1.54) is 4.90 Å². The molecule has 104 valence electrons. The van der Waals surface area contributed by atoms with Crippen molar-refractivity contribution in [2.75, 3.05) is 6.54 Å². The molecule has 0 aliphatic heterocycles. The van der Waals surface area contributed by atoms with Crippen molar-refractivity contribution in [2.24, 2.45) is 0 Å². The van der Waals surface area contributed by atoms with E-state index in [1.807, 2.05) is 30.3 Å². The summed E-state index contributed by atoms with van der Waals surface area (Å²) in [5, 5.41) is 9.06. The largest absolute Gasteiger partial charge is 0.480 e. The van der Waals surface area contributed by atoms with Gasteiger partial charge in [0.1, 0.15) is 12.6 Å². The highest BCUT2D eigenvalue weighted by molar-refractivity contribution is 5.79. The minimum absolute atomic E-state index is 0.145. The number of carbonyl (C=O) groups excluding carboxylic acids is 1. The summed E-state index contributed by atoms with van der Waals surface area (Å²) >= 11 is 0. The first-order valence-corrected chi connectivity index (χ1v) is 6.30. The predicted octanol–water partition coefficient (Wildman–Crippen LogP) is 2.51. The third kappa shape index (κ3) is 4.28. The fraction of sp³-hybridized carbons (Fsp3) is 0.429. The highest BCUT2D eigenvalue weighted by atomic mass is 16.6. The van der Waals surface area contributed by atoms with E-state index in [1.54, 1.807) is 13.8 Å². The van der Waals surface area contributed by atoms with Crippen molar-refractivity contribution in [3.8, 4) is 0 Å². The number of benzene rings is 1. The van der Waals surface area contributed by atoms with Crippen LogP contribution in [0.15, 0.2) is 30.3 Å². The number of likely N-dealkylation sites (N-methyl/N-ethyl adjacent to an activating group) is 1. The molecule has 0 saturated heterocycles. The summed E-state index contributed by atoms with van der Waals surface area (Å²) in [5.74, 6) is -1.01. The number of ether oxygens (including phenoxy) is 1. The summed E-state index contributed by atoms with van der Waals surface area (Å²) in [6.45, 7) is 3.91. The number of amides is 1. The van der Waals surface area contributed by atoms with Gasteiger partial charge in [0.05, 0.1) is 0 Å². The predicted molar refractivity (Wildman–Crippen MR) is 70.7 cm³/mol. The maximum atomic E-state index is 11.9. The Morgan fingerprint density at radius 2 is 1.89 bits per heavy atom. The SMILES string of the molecule is CCC(C(=O)O)N(CC)C(=O)OCc1ccccc1. The van der Waals surface area contributed by atoms with Crippen LogP contribution in [-0.2, 0) is 16.1 Å². The molecule has 0 saturated carbocycles. The molecule has 1 atom stereocenters. The molecule has 0 aliphatic rings. The van der Waals surface area contributed by atoms with Gasteiger partial charge in [0.15, 0.2) is 0 Å². The first-order valence-electron chi connectivity index (χ1n) is 6.30. The summed E-state index contributed by atoms with van der Waals surface area (Å²) in [6.07, 6.45) is -0.246. The van der Waals surface area contributed by atoms with Gasteiger partial charge in [-0.25, -0.2) is 9.59 Å². The highest BCUT2D eigenvalue weighted by Crippen LogP contribution is 2.09. The van der Waals surface area contributed by atoms with E-state index in [2.05, 4.69) is 0 Å². The van der Waals surface area contributed by atoms with Gasteiger partial charge in [-0.05, 0) is 18.9 Å². The van der Waals surface area contributed by atoms with Crippen LogP contribution in [0.3, 0.4) is 0 Å². The van der Waals surface area contributed by atoms with Crippen LogP contribution >= 0.6 is 0 Å². The normalized spacial score (nSPS) is 11.7. The second kappa shape index (κ2) is 7.41. The van der Waals surface area contributed by atoms with E-state index in [0.29, 0.717) is 13.0 Å². The maximum absolute atomic E-state index is 11.9. The topological polar surface area (TPSA) is 66.8 Å². The number of hydrogen-bond acceptors (Lipinski definition) is 3. The zero-order valence-electron chi connectivity index (χ0n) is 11.2. The van der Waals surface area contributed by atoms with Gasteiger partial charge in [0.25, 0.3) is 0 Å². The molecule has 1 aromatic rings. The third-order valence-corrected chi connectivity index (χ3v) is 2.83. The van der Waals surface area contributed by atoms with Crippen LogP contribution in [0.5, 0.6) is 0 Å². The van der Waals surface area contributed by atoms with Gasteiger partial charge < -0.3 is 9.84 Å². The van der Waals surface area contributed by atoms with Crippen molar-refractivity contribution < 1.29 is 19.4 Å². The number of rotatable bonds is 6. The van der Waals surface area contributed by atoms with Crippen LogP contribution in [0, 0.1) is 0 Å². The Balaban J connectivity index is 2.61. The van der Waals surface area contributed by atoms with E-state index in [-0.39, 0.29) is 6.61 Å². The first kappa shape index (κ1) is 15.0. The van der Waals surface area contributed by atoms with E-state index in [0.717, 1.165) is 5.56 Å². The van der Waals surface area contributed by atoms with Gasteiger partial charge in [0.2, 0.25) is 0 Å². The smallest absolute Gasteiger partial charge is 0.410 e. The van der Waals surface area contributed by atoms with Gasteiger partial charge in [-0.2, -0.15) is 0 Å². The molecule has 0 radical (unpaired) electrons. The lowest BCUT2D eigenvalue weighted by molar-refractivity contribution is -0.142. The summed E-state index contributed by atoms with van der Waals surface area (Å²) in [5.41, 5.74) is 0.871. The van der Waals surface area contributed by atoms with E-state index < -0.39 is 18.1 Å². The molecule has 1 rings (SSSR count). The summed E-state index contributed by atoms with van der Waals surface area (Å²) in [7, 11) is 0. The van der Waals surface area contributed by atoms with E-state index in [9.17, 15) is 9.59 Å². The number of hydrogen-bond donors (Lipinski definition) is 1. The lowest BCUT2D eigenvalue weighted by Crippen LogP contribution is -2.44. The molecule has 5 heteroatoms. The molecule has 0 heterocycles. The van der Waals surface area contributed by atoms with Crippen molar-refractivity contribution in [1.82, 2.24) is 4.90 Å². The summed E-state index contributed by atoms with van der Waals surface area (Å²) < 4.78 is 5.14. The zero-order chi connectivity index (χ0) is 14.3. The number of nitrogens with zero attached hydrogens (tertiary/aromatic N) is 1. The molecule has 1 N–H and O–H groups in total. The van der Waals surface area contributed by atoms with Crippen LogP contribution < -0.4 is 0 Å². The van der Waals surface area contributed by atoms with E-state index in [4.69, 9.17) is 9.84 Å². The Bertz CT molecular complexity index is 419. The molecule has 0 bridgehead atoms. The van der Waals surface area contributed by atoms with Gasteiger partial charge in [-0.3, -0.25) is 4.90 Å². The van der Waals surface area contributed by atoms with Crippen LogP contribution in [0.25, 0.3) is 0 Å². The molecule has 1 unspecified atom stereocenters. The average Bonchev–Trinajstić information content (AvgIpc) is 2.42. The van der Waals surface area contributed by atoms with Crippen molar-refractivity contribution in [3.05, 3.63) is 35.9 Å². The molecular weight excluding hydrogens is 246 g/mol. The molecule has 0 aromatic heterocycles. The maximum Gasteiger partial charge on any atom is 0.410 e. The minimum Gasteiger partial charge on any atom is -0.480 e. The summed E-state index contributed by atoms with van der Waals surface area (Å²) in [6, 6.07) is 8.44. The van der Waals surface area contributed by atoms with Gasteiger partial charge in [-0.1, -0.05) is 37.3 Å².